The van der Waals surface area contributed by atoms with E-state index in [2.05, 4.69) is 22.1 Å². The number of hydrogen-bond acceptors (Lipinski definition) is 3. The van der Waals surface area contributed by atoms with E-state index in [1.165, 1.54) is 5.56 Å². The number of rotatable bonds is 3. The first-order valence-corrected chi connectivity index (χ1v) is 5.39. The molecule has 0 aliphatic heterocycles. The van der Waals surface area contributed by atoms with Crippen molar-refractivity contribution in [1.82, 2.24) is 0 Å². The number of nitrogens with two attached hydrogens (primary N) is 1. The maximum atomic E-state index is 5.59. The molecule has 80 valence electrons. The summed E-state index contributed by atoms with van der Waals surface area (Å²) in [6.45, 7) is 0.868. The molecule has 0 aliphatic rings. The van der Waals surface area contributed by atoms with Crippen LogP contribution in [0.2, 0.25) is 0 Å². The lowest BCUT2D eigenvalue weighted by Gasteiger charge is -2.04. The van der Waals surface area contributed by atoms with E-state index < -0.39 is 0 Å². The lowest BCUT2D eigenvalue weighted by Crippen LogP contribution is -1.97. The molecule has 2 aromatic rings. The molecule has 0 bridgehead atoms. The number of thiophene rings is 1. The first kappa shape index (κ1) is 11.9. The molecule has 1 aromatic carbocycles. The molecule has 0 unspecified atom stereocenters. The third kappa shape index (κ3) is 3.46. The maximum absolute atomic E-state index is 5.59. The van der Waals surface area contributed by atoms with Gasteiger partial charge in [-0.3, -0.25) is 0 Å². The van der Waals surface area contributed by atoms with Crippen LogP contribution < -0.4 is 11.1 Å². The Hall–Kier alpha value is -1.19. The molecule has 0 amide bonds. The van der Waals surface area contributed by atoms with Crippen molar-refractivity contribution in [3.05, 3.63) is 46.7 Å². The highest BCUT2D eigenvalue weighted by Gasteiger charge is 1.93. The van der Waals surface area contributed by atoms with Gasteiger partial charge < -0.3 is 11.1 Å². The minimum Gasteiger partial charge on any atom is -0.399 e. The average molecular weight is 241 g/mol. The van der Waals surface area contributed by atoms with Gasteiger partial charge >= 0.3 is 0 Å². The molecule has 0 aliphatic carbocycles. The zero-order chi connectivity index (χ0) is 9.80. The van der Waals surface area contributed by atoms with Gasteiger partial charge in [-0.1, -0.05) is 0 Å². The molecule has 0 fully saturated rings. The van der Waals surface area contributed by atoms with Crippen molar-refractivity contribution in [1.29, 1.82) is 0 Å². The van der Waals surface area contributed by atoms with Crippen LogP contribution in [0.25, 0.3) is 0 Å². The monoisotopic (exact) mass is 240 g/mol. The molecule has 0 spiro atoms. The Morgan fingerprint density at radius 1 is 1.13 bits per heavy atom. The summed E-state index contributed by atoms with van der Waals surface area (Å²) in [7, 11) is 0. The lowest BCUT2D eigenvalue weighted by atomic mass is 10.2. The van der Waals surface area contributed by atoms with Gasteiger partial charge in [0.25, 0.3) is 0 Å². The van der Waals surface area contributed by atoms with Crippen LogP contribution in [0.15, 0.2) is 41.1 Å². The zero-order valence-corrected chi connectivity index (χ0v) is 9.78. The molecule has 0 atom stereocenters. The van der Waals surface area contributed by atoms with E-state index in [1.54, 1.807) is 11.3 Å². The lowest BCUT2D eigenvalue weighted by molar-refractivity contribution is 1.16. The van der Waals surface area contributed by atoms with Crippen molar-refractivity contribution in [3.63, 3.8) is 0 Å². The van der Waals surface area contributed by atoms with E-state index in [4.69, 9.17) is 5.73 Å². The molecule has 4 heteroatoms. The first-order chi connectivity index (χ1) is 6.84. The van der Waals surface area contributed by atoms with Gasteiger partial charge in [0.1, 0.15) is 0 Å². The molecule has 0 saturated carbocycles. The summed E-state index contributed by atoms with van der Waals surface area (Å²) in [6.07, 6.45) is 0. The summed E-state index contributed by atoms with van der Waals surface area (Å²) >= 11 is 1.72. The highest BCUT2D eigenvalue weighted by atomic mass is 35.5. The van der Waals surface area contributed by atoms with Crippen molar-refractivity contribution in [3.8, 4) is 0 Å². The molecule has 2 nitrogen and oxygen atoms in total. The van der Waals surface area contributed by atoms with Gasteiger partial charge in [-0.2, -0.15) is 11.3 Å². The second kappa shape index (κ2) is 5.63. The van der Waals surface area contributed by atoms with Crippen LogP contribution in [-0.4, -0.2) is 0 Å². The fourth-order valence-corrected chi connectivity index (χ4v) is 1.87. The van der Waals surface area contributed by atoms with Gasteiger partial charge in [0.15, 0.2) is 0 Å². The quantitative estimate of drug-likeness (QED) is 0.808. The molecule has 0 saturated heterocycles. The van der Waals surface area contributed by atoms with Gasteiger partial charge in [0.2, 0.25) is 0 Å². The van der Waals surface area contributed by atoms with Crippen molar-refractivity contribution in [2.45, 2.75) is 6.54 Å². The second-order valence-electron chi connectivity index (χ2n) is 3.11. The van der Waals surface area contributed by atoms with Gasteiger partial charge in [-0.05, 0) is 46.7 Å². The van der Waals surface area contributed by atoms with Gasteiger partial charge in [0, 0.05) is 17.9 Å². The van der Waals surface area contributed by atoms with E-state index in [9.17, 15) is 0 Å². The van der Waals surface area contributed by atoms with E-state index in [1.807, 2.05) is 24.3 Å². The van der Waals surface area contributed by atoms with Crippen molar-refractivity contribution < 1.29 is 0 Å². The molecule has 15 heavy (non-hydrogen) atoms. The van der Waals surface area contributed by atoms with Crippen LogP contribution in [0.4, 0.5) is 11.4 Å². The normalized spacial score (nSPS) is 9.33. The number of nitrogen functional groups attached to an aromatic ring is 1. The Morgan fingerprint density at radius 2 is 1.87 bits per heavy atom. The fourth-order valence-electron chi connectivity index (χ4n) is 1.20. The average Bonchev–Trinajstić information content (AvgIpc) is 2.70. The highest BCUT2D eigenvalue weighted by molar-refractivity contribution is 7.07. The molecular weight excluding hydrogens is 228 g/mol. The third-order valence-electron chi connectivity index (χ3n) is 1.99. The zero-order valence-electron chi connectivity index (χ0n) is 8.14. The van der Waals surface area contributed by atoms with Gasteiger partial charge in [-0.15, -0.1) is 12.4 Å². The Kier molecular flexibility index (Phi) is 4.46. The largest absolute Gasteiger partial charge is 0.399 e. The van der Waals surface area contributed by atoms with Gasteiger partial charge in [-0.25, -0.2) is 0 Å². The fraction of sp³-hybridized carbons (Fsp3) is 0.0909. The summed E-state index contributed by atoms with van der Waals surface area (Å²) in [6, 6.07) is 9.89. The van der Waals surface area contributed by atoms with Crippen LogP contribution in [0.3, 0.4) is 0 Å². The van der Waals surface area contributed by atoms with E-state index >= 15 is 0 Å². The molecule has 1 aromatic heterocycles. The van der Waals surface area contributed by atoms with Gasteiger partial charge in [0.05, 0.1) is 0 Å². The molecule has 1 heterocycles. The number of benzene rings is 1. The Balaban J connectivity index is 0.00000112. The first-order valence-electron chi connectivity index (χ1n) is 4.45. The summed E-state index contributed by atoms with van der Waals surface area (Å²) in [5, 5.41) is 7.55. The number of anilines is 2. The Morgan fingerprint density at radius 3 is 2.47 bits per heavy atom. The Labute approximate surface area is 99.5 Å². The summed E-state index contributed by atoms with van der Waals surface area (Å²) in [5.74, 6) is 0. The summed E-state index contributed by atoms with van der Waals surface area (Å²) in [4.78, 5) is 0. The van der Waals surface area contributed by atoms with Crippen molar-refractivity contribution in [2.75, 3.05) is 11.1 Å². The predicted octanol–water partition coefficient (Wildman–Crippen LogP) is 3.36. The summed E-state index contributed by atoms with van der Waals surface area (Å²) < 4.78 is 0. The minimum absolute atomic E-state index is 0. The molecule has 2 rings (SSSR count). The van der Waals surface area contributed by atoms with Crippen LogP contribution in [0.5, 0.6) is 0 Å². The van der Waals surface area contributed by atoms with Crippen LogP contribution >= 0.6 is 23.7 Å². The minimum atomic E-state index is 0. The molecule has 0 radical (unpaired) electrons. The summed E-state index contributed by atoms with van der Waals surface area (Å²) in [5.41, 5.74) is 8.80. The number of halogens is 1. The van der Waals surface area contributed by atoms with Crippen LogP contribution in [0.1, 0.15) is 5.56 Å². The van der Waals surface area contributed by atoms with Crippen LogP contribution in [-0.2, 0) is 6.54 Å². The number of hydrogen-bond donors (Lipinski definition) is 2. The van der Waals surface area contributed by atoms with Crippen molar-refractivity contribution in [2.24, 2.45) is 0 Å². The van der Waals surface area contributed by atoms with Crippen molar-refractivity contribution >= 4 is 35.1 Å². The third-order valence-corrected chi connectivity index (χ3v) is 2.72. The standard InChI is InChI=1S/C11H12N2S.ClH/c12-10-1-3-11(4-2-10)13-7-9-5-6-14-8-9;/h1-6,8,13H,7,12H2;1H. The van der Waals surface area contributed by atoms with E-state index in [0.29, 0.717) is 0 Å². The topological polar surface area (TPSA) is 38.0 Å². The van der Waals surface area contributed by atoms with Crippen LogP contribution in [0, 0.1) is 0 Å². The van der Waals surface area contributed by atoms with E-state index in [-0.39, 0.29) is 12.4 Å². The van der Waals surface area contributed by atoms with E-state index in [0.717, 1.165) is 17.9 Å². The molecule has 3 N–H and O–H groups in total. The SMILES string of the molecule is Cl.Nc1ccc(NCc2ccsc2)cc1. The second-order valence-corrected chi connectivity index (χ2v) is 3.89. The smallest absolute Gasteiger partial charge is 0.0409 e. The maximum Gasteiger partial charge on any atom is 0.0409 e. The Bertz CT molecular complexity index is 383. The number of nitrogens with one attached hydrogen (secondary N) is 1. The predicted molar refractivity (Wildman–Crippen MR) is 69.7 cm³/mol. The highest BCUT2D eigenvalue weighted by Crippen LogP contribution is 2.13. The molecular formula is C11H13ClN2S.